The highest BCUT2D eigenvalue weighted by Crippen LogP contribution is 2.23. The fourth-order valence-corrected chi connectivity index (χ4v) is 5.93. The first-order valence-electron chi connectivity index (χ1n) is 8.45. The van der Waals surface area contributed by atoms with E-state index >= 15 is 0 Å². The standard InChI is InChI=1S/C16H34O4SSi/c1-5-6-7-8-9-10-11-13-16(17)14-12-15-21-22(18-2,19-3)20-4/h5-15H2,1-4H3. The van der Waals surface area contributed by atoms with Crippen LogP contribution in [0.2, 0.25) is 0 Å². The van der Waals surface area contributed by atoms with E-state index < -0.39 is 7.95 Å². The number of hydrogen-bond donors (Lipinski definition) is 0. The predicted molar refractivity (Wildman–Crippen MR) is 96.1 cm³/mol. The number of carbonyl (C=O) groups is 1. The lowest BCUT2D eigenvalue weighted by atomic mass is 10.1. The maximum atomic E-state index is 11.8. The molecule has 0 aliphatic heterocycles. The van der Waals surface area contributed by atoms with E-state index in [-0.39, 0.29) is 0 Å². The largest absolute Gasteiger partial charge is 0.572 e. The molecule has 0 aromatic heterocycles. The minimum Gasteiger partial charge on any atom is -0.369 e. The average molecular weight is 351 g/mol. The molecule has 0 aliphatic carbocycles. The van der Waals surface area contributed by atoms with Gasteiger partial charge in [-0.3, -0.25) is 4.79 Å². The molecule has 0 amide bonds. The number of Topliss-reactive ketones (excluding diaryl/α,β-unsaturated/α-hetero) is 1. The third-order valence-electron chi connectivity index (χ3n) is 3.69. The number of hydrogen-bond acceptors (Lipinski definition) is 5. The molecule has 0 saturated carbocycles. The van der Waals surface area contributed by atoms with Crippen molar-refractivity contribution < 1.29 is 18.1 Å². The van der Waals surface area contributed by atoms with Gasteiger partial charge in [-0.1, -0.05) is 56.7 Å². The summed E-state index contributed by atoms with van der Waals surface area (Å²) in [5.41, 5.74) is 0. The molecule has 0 radical (unpaired) electrons. The number of ketones is 1. The minimum absolute atomic E-state index is 0.383. The zero-order chi connectivity index (χ0) is 16.7. The van der Waals surface area contributed by atoms with Crippen LogP contribution in [0, 0.1) is 0 Å². The van der Waals surface area contributed by atoms with E-state index in [1.54, 1.807) is 32.5 Å². The molecule has 0 aromatic carbocycles. The summed E-state index contributed by atoms with van der Waals surface area (Å²) in [5.74, 6) is 1.22. The van der Waals surface area contributed by atoms with E-state index in [1.165, 1.54) is 38.5 Å². The Morgan fingerprint density at radius 1 is 0.818 bits per heavy atom. The van der Waals surface area contributed by atoms with E-state index in [9.17, 15) is 4.79 Å². The van der Waals surface area contributed by atoms with Crippen LogP contribution in [0.5, 0.6) is 0 Å². The first kappa shape index (κ1) is 22.1. The monoisotopic (exact) mass is 350 g/mol. The van der Waals surface area contributed by atoms with Gasteiger partial charge in [-0.15, -0.1) is 0 Å². The van der Waals surface area contributed by atoms with Crippen molar-refractivity contribution in [1.82, 2.24) is 0 Å². The molecule has 0 aliphatic rings. The Labute approximate surface area is 141 Å². The summed E-state index contributed by atoms with van der Waals surface area (Å²) in [7, 11) is 2.30. The molecule has 132 valence electrons. The lowest BCUT2D eigenvalue weighted by Gasteiger charge is -2.22. The second kappa shape index (κ2) is 14.7. The summed E-state index contributed by atoms with van der Waals surface area (Å²) >= 11 is 1.57. The van der Waals surface area contributed by atoms with Crippen LogP contribution in [-0.2, 0) is 18.1 Å². The quantitative estimate of drug-likeness (QED) is 0.301. The summed E-state index contributed by atoms with van der Waals surface area (Å²) in [6, 6.07) is 0. The molecule has 0 N–H and O–H groups in total. The van der Waals surface area contributed by atoms with Crippen molar-refractivity contribution in [1.29, 1.82) is 0 Å². The maximum Gasteiger partial charge on any atom is 0.572 e. The van der Waals surface area contributed by atoms with Crippen LogP contribution in [0.4, 0.5) is 0 Å². The van der Waals surface area contributed by atoms with Crippen molar-refractivity contribution in [2.45, 2.75) is 71.1 Å². The van der Waals surface area contributed by atoms with Crippen LogP contribution in [0.25, 0.3) is 0 Å². The van der Waals surface area contributed by atoms with Gasteiger partial charge in [0.1, 0.15) is 5.78 Å². The number of unbranched alkanes of at least 4 members (excludes halogenated alkanes) is 6. The van der Waals surface area contributed by atoms with Crippen LogP contribution >= 0.6 is 11.2 Å². The highest BCUT2D eigenvalue weighted by Gasteiger charge is 2.39. The Bertz CT molecular complexity index is 265. The molecule has 0 saturated heterocycles. The van der Waals surface area contributed by atoms with E-state index in [2.05, 4.69) is 6.92 Å². The summed E-state index contributed by atoms with van der Waals surface area (Å²) < 4.78 is 16.0. The van der Waals surface area contributed by atoms with Crippen LogP contribution in [0.15, 0.2) is 0 Å². The fourth-order valence-electron chi connectivity index (χ4n) is 2.30. The van der Waals surface area contributed by atoms with Gasteiger partial charge in [-0.25, -0.2) is 0 Å². The molecular formula is C16H34O4SSi. The highest BCUT2D eigenvalue weighted by molar-refractivity contribution is 8.26. The van der Waals surface area contributed by atoms with Crippen molar-refractivity contribution in [3.05, 3.63) is 0 Å². The SMILES string of the molecule is CCCCCCCCCC(=O)CCCS[Si](OC)(OC)OC. The topological polar surface area (TPSA) is 44.8 Å². The molecule has 0 rings (SSSR count). The van der Waals surface area contributed by atoms with E-state index in [0.29, 0.717) is 12.2 Å². The van der Waals surface area contributed by atoms with Gasteiger partial charge in [0, 0.05) is 34.2 Å². The lowest BCUT2D eigenvalue weighted by molar-refractivity contribution is -0.119. The fraction of sp³-hybridized carbons (Fsp3) is 0.938. The van der Waals surface area contributed by atoms with Crippen LogP contribution in [-0.4, -0.2) is 40.8 Å². The van der Waals surface area contributed by atoms with E-state index in [4.69, 9.17) is 13.3 Å². The van der Waals surface area contributed by atoms with Gasteiger partial charge < -0.3 is 13.3 Å². The minimum atomic E-state index is -2.53. The Hall–Kier alpha value is 0.117. The van der Waals surface area contributed by atoms with E-state index in [1.807, 2.05) is 0 Å². The molecule has 0 spiro atoms. The third kappa shape index (κ3) is 10.8. The van der Waals surface area contributed by atoms with Gasteiger partial charge in [0.2, 0.25) is 0 Å². The average Bonchev–Trinajstić information content (AvgIpc) is 2.55. The molecule has 0 aromatic rings. The Morgan fingerprint density at radius 2 is 1.32 bits per heavy atom. The normalized spacial score (nSPS) is 11.8. The second-order valence-corrected chi connectivity index (χ2v) is 10.8. The van der Waals surface area contributed by atoms with Crippen LogP contribution < -0.4 is 0 Å². The van der Waals surface area contributed by atoms with Gasteiger partial charge in [0.15, 0.2) is 0 Å². The number of carbonyl (C=O) groups excluding carboxylic acids is 1. The van der Waals surface area contributed by atoms with Gasteiger partial charge in [0.25, 0.3) is 0 Å². The maximum absolute atomic E-state index is 11.8. The Balaban J connectivity index is 3.54. The first-order chi connectivity index (χ1) is 10.6. The molecule has 22 heavy (non-hydrogen) atoms. The summed E-state index contributed by atoms with van der Waals surface area (Å²) in [6.45, 7) is 2.23. The van der Waals surface area contributed by atoms with Gasteiger partial charge in [0.05, 0.1) is 0 Å². The zero-order valence-electron chi connectivity index (χ0n) is 14.8. The lowest BCUT2D eigenvalue weighted by Crippen LogP contribution is -2.39. The predicted octanol–water partition coefficient (Wildman–Crippen LogP) is 4.58. The Kier molecular flexibility index (Phi) is 14.8. The van der Waals surface area contributed by atoms with Crippen molar-refractivity contribution in [3.8, 4) is 0 Å². The third-order valence-corrected chi connectivity index (χ3v) is 9.21. The van der Waals surface area contributed by atoms with Gasteiger partial charge >= 0.3 is 7.95 Å². The van der Waals surface area contributed by atoms with Crippen LogP contribution in [0.1, 0.15) is 71.1 Å². The number of rotatable bonds is 16. The second-order valence-electron chi connectivity index (χ2n) is 5.47. The first-order valence-corrected chi connectivity index (χ1v) is 11.9. The molecule has 4 nitrogen and oxygen atoms in total. The molecule has 0 atom stereocenters. The molecule has 0 bridgehead atoms. The van der Waals surface area contributed by atoms with Crippen LogP contribution in [0.3, 0.4) is 0 Å². The van der Waals surface area contributed by atoms with Crippen molar-refractivity contribution in [2.24, 2.45) is 0 Å². The smallest absolute Gasteiger partial charge is 0.369 e. The molecule has 6 heteroatoms. The zero-order valence-corrected chi connectivity index (χ0v) is 16.6. The summed E-state index contributed by atoms with van der Waals surface area (Å²) in [6.07, 6.45) is 11.0. The molecule has 0 fully saturated rings. The summed E-state index contributed by atoms with van der Waals surface area (Å²) in [5, 5.41) is 0. The van der Waals surface area contributed by atoms with Crippen molar-refractivity contribution >= 4 is 24.9 Å². The van der Waals surface area contributed by atoms with E-state index in [0.717, 1.165) is 25.0 Å². The summed E-state index contributed by atoms with van der Waals surface area (Å²) in [4.78, 5) is 11.8. The van der Waals surface area contributed by atoms with Gasteiger partial charge in [-0.05, 0) is 18.6 Å². The highest BCUT2D eigenvalue weighted by atomic mass is 32.4. The molecule has 0 heterocycles. The van der Waals surface area contributed by atoms with Crippen molar-refractivity contribution in [2.75, 3.05) is 27.1 Å². The molecule has 0 unspecified atom stereocenters. The van der Waals surface area contributed by atoms with Crippen molar-refractivity contribution in [3.63, 3.8) is 0 Å². The molecular weight excluding hydrogens is 316 g/mol. The van der Waals surface area contributed by atoms with Gasteiger partial charge in [-0.2, -0.15) is 0 Å². The Morgan fingerprint density at radius 3 is 1.86 bits per heavy atom.